The summed E-state index contributed by atoms with van der Waals surface area (Å²) in [6.07, 6.45) is 1.78. The summed E-state index contributed by atoms with van der Waals surface area (Å²) in [7, 11) is -3.20. The topological polar surface area (TPSA) is 90.3 Å². The van der Waals surface area contributed by atoms with E-state index in [0.29, 0.717) is 49.0 Å². The van der Waals surface area contributed by atoms with Gasteiger partial charge in [-0.15, -0.1) is 0 Å². The summed E-state index contributed by atoms with van der Waals surface area (Å²) in [5, 5.41) is 12.4. The van der Waals surface area contributed by atoms with Crippen molar-refractivity contribution in [3.8, 4) is 17.2 Å². The molecular weight excluding hydrogens is 386 g/mol. The largest absolute Gasteiger partial charge is 0.349 e. The molecule has 0 aromatic heterocycles. The van der Waals surface area contributed by atoms with E-state index < -0.39 is 10.0 Å². The van der Waals surface area contributed by atoms with Crippen LogP contribution in [-0.2, 0) is 10.0 Å². The van der Waals surface area contributed by atoms with E-state index in [1.165, 1.54) is 4.31 Å². The molecule has 1 heterocycles. The molecule has 0 bridgehead atoms. The SMILES string of the molecule is CCCS(=O)(=O)N1CCC(NC(=O)c2ccccc2-c2ccccc2C#N)CC1. The lowest BCUT2D eigenvalue weighted by Crippen LogP contribution is -2.47. The van der Waals surface area contributed by atoms with Crippen LogP contribution in [0.5, 0.6) is 0 Å². The van der Waals surface area contributed by atoms with Crippen molar-refractivity contribution in [3.05, 3.63) is 59.7 Å². The van der Waals surface area contributed by atoms with Gasteiger partial charge < -0.3 is 5.32 Å². The first-order valence-corrected chi connectivity index (χ1v) is 11.4. The first-order valence-electron chi connectivity index (χ1n) is 9.83. The Morgan fingerprint density at radius 2 is 1.72 bits per heavy atom. The molecule has 0 aliphatic carbocycles. The fourth-order valence-corrected chi connectivity index (χ4v) is 5.20. The van der Waals surface area contributed by atoms with Crippen LogP contribution >= 0.6 is 0 Å². The fourth-order valence-electron chi connectivity index (χ4n) is 3.66. The monoisotopic (exact) mass is 411 g/mol. The first kappa shape index (κ1) is 21.0. The van der Waals surface area contributed by atoms with E-state index in [-0.39, 0.29) is 17.7 Å². The highest BCUT2D eigenvalue weighted by Crippen LogP contribution is 2.27. The zero-order valence-corrected chi connectivity index (χ0v) is 17.3. The first-order chi connectivity index (χ1) is 14.0. The van der Waals surface area contributed by atoms with Gasteiger partial charge in [0.05, 0.1) is 17.4 Å². The van der Waals surface area contributed by atoms with Crippen molar-refractivity contribution < 1.29 is 13.2 Å². The Hall–Kier alpha value is -2.69. The summed E-state index contributed by atoms with van der Waals surface area (Å²) in [4.78, 5) is 13.0. The van der Waals surface area contributed by atoms with Gasteiger partial charge in [0.15, 0.2) is 0 Å². The Balaban J connectivity index is 1.73. The summed E-state index contributed by atoms with van der Waals surface area (Å²) in [6, 6.07) is 16.5. The van der Waals surface area contributed by atoms with Gasteiger partial charge in [0.2, 0.25) is 10.0 Å². The number of nitriles is 1. The molecule has 7 heteroatoms. The molecule has 1 fully saturated rings. The van der Waals surface area contributed by atoms with Crippen LogP contribution in [0.2, 0.25) is 0 Å². The van der Waals surface area contributed by atoms with Gasteiger partial charge in [-0.2, -0.15) is 5.26 Å². The molecule has 3 rings (SSSR count). The molecule has 29 heavy (non-hydrogen) atoms. The van der Waals surface area contributed by atoms with Crippen molar-refractivity contribution in [2.45, 2.75) is 32.2 Å². The summed E-state index contributed by atoms with van der Waals surface area (Å²) >= 11 is 0. The quantitative estimate of drug-likeness (QED) is 0.791. The average molecular weight is 412 g/mol. The predicted octanol–water partition coefficient (Wildman–Crippen LogP) is 3.16. The summed E-state index contributed by atoms with van der Waals surface area (Å²) < 4.78 is 25.9. The summed E-state index contributed by atoms with van der Waals surface area (Å²) in [5.41, 5.74) is 2.46. The van der Waals surface area contributed by atoms with Crippen molar-refractivity contribution in [3.63, 3.8) is 0 Å². The third-order valence-electron chi connectivity index (χ3n) is 5.15. The molecule has 1 amide bonds. The molecule has 152 valence electrons. The number of sulfonamides is 1. The highest BCUT2D eigenvalue weighted by Gasteiger charge is 2.28. The molecular formula is C22H25N3O3S. The van der Waals surface area contributed by atoms with Gasteiger partial charge >= 0.3 is 0 Å². The van der Waals surface area contributed by atoms with Gasteiger partial charge in [-0.05, 0) is 37.0 Å². The number of amides is 1. The number of carbonyl (C=O) groups excluding carboxylic acids is 1. The summed E-state index contributed by atoms with van der Waals surface area (Å²) in [6.45, 7) is 2.70. The summed E-state index contributed by atoms with van der Waals surface area (Å²) in [5.74, 6) is -0.0430. The second-order valence-electron chi connectivity index (χ2n) is 7.17. The van der Waals surface area contributed by atoms with E-state index in [1.54, 1.807) is 24.3 Å². The van der Waals surface area contributed by atoms with Gasteiger partial charge in [-0.25, -0.2) is 12.7 Å². The van der Waals surface area contributed by atoms with Crippen LogP contribution in [0.1, 0.15) is 42.1 Å². The normalized spacial score (nSPS) is 15.6. The van der Waals surface area contributed by atoms with Gasteiger partial charge in [0.25, 0.3) is 5.91 Å². The number of hydrogen-bond donors (Lipinski definition) is 1. The van der Waals surface area contributed by atoms with Crippen molar-refractivity contribution >= 4 is 15.9 Å². The second-order valence-corrected chi connectivity index (χ2v) is 9.25. The molecule has 1 aliphatic rings. The molecule has 0 unspecified atom stereocenters. The standard InChI is InChI=1S/C22H25N3O3S/c1-2-15-29(27,28)25-13-11-18(12-14-25)24-22(26)21-10-6-5-9-20(21)19-8-4-3-7-17(19)16-23/h3-10,18H,2,11-15H2,1H3,(H,24,26). The van der Waals surface area contributed by atoms with E-state index in [4.69, 9.17) is 0 Å². The van der Waals surface area contributed by atoms with Crippen molar-refractivity contribution in [2.75, 3.05) is 18.8 Å². The van der Waals surface area contributed by atoms with E-state index in [2.05, 4.69) is 11.4 Å². The van der Waals surface area contributed by atoms with Gasteiger partial charge in [-0.3, -0.25) is 4.79 Å². The highest BCUT2D eigenvalue weighted by molar-refractivity contribution is 7.89. The minimum Gasteiger partial charge on any atom is -0.349 e. The van der Waals surface area contributed by atoms with Crippen LogP contribution < -0.4 is 5.32 Å². The molecule has 1 aliphatic heterocycles. The number of carbonyl (C=O) groups is 1. The molecule has 2 aromatic carbocycles. The number of hydrogen-bond acceptors (Lipinski definition) is 4. The highest BCUT2D eigenvalue weighted by atomic mass is 32.2. The van der Waals surface area contributed by atoms with Crippen molar-refractivity contribution in [1.82, 2.24) is 9.62 Å². The minimum atomic E-state index is -3.20. The molecule has 0 atom stereocenters. The lowest BCUT2D eigenvalue weighted by molar-refractivity contribution is 0.0924. The van der Waals surface area contributed by atoms with E-state index in [1.807, 2.05) is 31.2 Å². The molecule has 2 aromatic rings. The Morgan fingerprint density at radius 1 is 1.10 bits per heavy atom. The molecule has 0 saturated carbocycles. The number of nitrogens with zero attached hydrogens (tertiary/aromatic N) is 2. The maximum atomic E-state index is 13.0. The van der Waals surface area contributed by atoms with E-state index in [9.17, 15) is 18.5 Å². The molecule has 6 nitrogen and oxygen atoms in total. The van der Waals surface area contributed by atoms with Crippen LogP contribution in [0.25, 0.3) is 11.1 Å². The van der Waals surface area contributed by atoms with Crippen LogP contribution in [0.3, 0.4) is 0 Å². The average Bonchev–Trinajstić information content (AvgIpc) is 2.74. The van der Waals surface area contributed by atoms with Gasteiger partial charge in [-0.1, -0.05) is 43.3 Å². The van der Waals surface area contributed by atoms with Crippen LogP contribution in [0.15, 0.2) is 48.5 Å². The third kappa shape index (κ3) is 4.84. The Morgan fingerprint density at radius 3 is 2.38 bits per heavy atom. The Kier molecular flexibility index (Phi) is 6.68. The Bertz CT molecular complexity index is 1020. The lowest BCUT2D eigenvalue weighted by atomic mass is 9.95. The lowest BCUT2D eigenvalue weighted by Gasteiger charge is -2.31. The Labute approximate surface area is 172 Å². The third-order valence-corrected chi connectivity index (χ3v) is 7.23. The second kappa shape index (κ2) is 9.21. The maximum Gasteiger partial charge on any atom is 0.252 e. The number of benzene rings is 2. The maximum absolute atomic E-state index is 13.0. The van der Waals surface area contributed by atoms with Crippen molar-refractivity contribution in [1.29, 1.82) is 5.26 Å². The van der Waals surface area contributed by atoms with Crippen LogP contribution in [0.4, 0.5) is 0 Å². The van der Waals surface area contributed by atoms with Crippen LogP contribution in [-0.4, -0.2) is 43.5 Å². The molecule has 0 spiro atoms. The zero-order valence-electron chi connectivity index (χ0n) is 16.5. The number of rotatable bonds is 6. The van der Waals surface area contributed by atoms with E-state index >= 15 is 0 Å². The molecule has 0 radical (unpaired) electrons. The fraction of sp³-hybridized carbons (Fsp3) is 0.364. The van der Waals surface area contributed by atoms with Gasteiger partial charge in [0.1, 0.15) is 0 Å². The molecule has 1 N–H and O–H groups in total. The van der Waals surface area contributed by atoms with E-state index in [0.717, 1.165) is 5.56 Å². The predicted molar refractivity (Wildman–Crippen MR) is 113 cm³/mol. The molecule has 1 saturated heterocycles. The smallest absolute Gasteiger partial charge is 0.252 e. The number of nitrogens with one attached hydrogen (secondary N) is 1. The number of piperidine rings is 1. The minimum absolute atomic E-state index is 0.0742. The van der Waals surface area contributed by atoms with Crippen molar-refractivity contribution in [2.24, 2.45) is 0 Å². The zero-order chi connectivity index (χ0) is 20.9. The van der Waals surface area contributed by atoms with Crippen LogP contribution in [0, 0.1) is 11.3 Å². The van der Waals surface area contributed by atoms with Gasteiger partial charge in [0, 0.05) is 30.3 Å².